The van der Waals surface area contributed by atoms with Crippen molar-refractivity contribution in [2.45, 2.75) is 256 Å². The predicted molar refractivity (Wildman–Crippen MR) is 216 cm³/mol. The van der Waals surface area contributed by atoms with Crippen LogP contribution in [-0.2, 0) is 6.15 Å². The third-order valence-corrected chi connectivity index (χ3v) is 21.4. The predicted octanol–water partition coefficient (Wildman–Crippen LogP) is 16.3. The molecular weight excluding hydrogens is 679 g/mol. The number of rotatable bonds is 40. The molecule has 0 spiro atoms. The smallest absolute Gasteiger partial charge is 0.0654 e. The van der Waals surface area contributed by atoms with Crippen molar-refractivity contribution in [3.63, 3.8) is 0 Å². The van der Waals surface area contributed by atoms with E-state index in [1.165, 1.54) is 214 Å². The first-order chi connectivity index (χ1) is 23.0. The molecule has 0 bridgehead atoms. The molecular formula is C44H92O2Sn. The fraction of sp³-hybridized carbons (Fsp3) is 1.00. The van der Waals surface area contributed by atoms with E-state index < -0.39 is 19.2 Å². The Morgan fingerprint density at radius 3 is 0.872 bits per heavy atom. The van der Waals surface area contributed by atoms with Crippen LogP contribution in [0.3, 0.4) is 0 Å². The van der Waals surface area contributed by atoms with Crippen LogP contribution in [0, 0.1) is 11.8 Å². The molecule has 0 saturated carbocycles. The van der Waals surface area contributed by atoms with Crippen LogP contribution in [0.15, 0.2) is 0 Å². The van der Waals surface area contributed by atoms with Gasteiger partial charge in [-0.15, -0.1) is 0 Å². The summed E-state index contributed by atoms with van der Waals surface area (Å²) in [6, 6.07) is 0. The van der Waals surface area contributed by atoms with Crippen molar-refractivity contribution in [2.75, 3.05) is 13.2 Å². The quantitative estimate of drug-likeness (QED) is 0.0456. The van der Waals surface area contributed by atoms with Gasteiger partial charge in [0.25, 0.3) is 0 Å². The molecule has 0 rings (SSSR count). The first-order valence-electron chi connectivity index (χ1n) is 22.3. The fourth-order valence-corrected chi connectivity index (χ4v) is 17.1. The summed E-state index contributed by atoms with van der Waals surface area (Å²) in [6.07, 6.45) is 44.5. The normalized spacial score (nSPS) is 13.4. The van der Waals surface area contributed by atoms with Gasteiger partial charge in [0.05, 0.1) is 0 Å². The van der Waals surface area contributed by atoms with Crippen molar-refractivity contribution >= 4 is 19.2 Å². The van der Waals surface area contributed by atoms with Gasteiger partial charge in [0.1, 0.15) is 0 Å². The van der Waals surface area contributed by atoms with Gasteiger partial charge in [-0.2, -0.15) is 0 Å². The number of hydrogen-bond donors (Lipinski definition) is 0. The van der Waals surface area contributed by atoms with Gasteiger partial charge >= 0.3 is 280 Å². The van der Waals surface area contributed by atoms with Crippen molar-refractivity contribution in [1.29, 1.82) is 0 Å². The molecule has 0 aliphatic carbocycles. The molecule has 0 N–H and O–H groups in total. The molecule has 0 aromatic carbocycles. The summed E-state index contributed by atoms with van der Waals surface area (Å²) in [4.78, 5) is 0. The molecule has 0 aliphatic rings. The topological polar surface area (TPSA) is 18.5 Å². The standard InChI is InChI=1S/2C14H29O.2C8H17.Sn/c2*1-3-4-5-6-7-8-9-10-11-14(2)12-13-15;2*1-3-5-7-8-6-4-2;/h2*14H,3-13H2,1-2H3;2*1,3-8H2,2H3;/q2*-1;;;+2. The maximum absolute atomic E-state index is 7.16. The Labute approximate surface area is 304 Å². The monoisotopic (exact) mass is 773 g/mol. The van der Waals surface area contributed by atoms with E-state index in [1.54, 1.807) is 0 Å². The first kappa shape index (κ1) is 47.7. The summed E-state index contributed by atoms with van der Waals surface area (Å²) in [5.41, 5.74) is 0. The number of hydrogen-bond acceptors (Lipinski definition) is 2. The molecule has 0 aromatic heterocycles. The Balaban J connectivity index is 4.91. The minimum absolute atomic E-state index is 0.786. The summed E-state index contributed by atoms with van der Waals surface area (Å²) in [5.74, 6) is 1.57. The van der Waals surface area contributed by atoms with Crippen LogP contribution in [0.4, 0.5) is 0 Å². The van der Waals surface area contributed by atoms with Crippen LogP contribution >= 0.6 is 0 Å². The maximum atomic E-state index is 7.16. The van der Waals surface area contributed by atoms with Crippen LogP contribution in [0.25, 0.3) is 0 Å². The van der Waals surface area contributed by atoms with Crippen molar-refractivity contribution in [1.82, 2.24) is 0 Å². The molecule has 0 fully saturated rings. The van der Waals surface area contributed by atoms with Gasteiger partial charge in [0.2, 0.25) is 0 Å². The van der Waals surface area contributed by atoms with E-state index in [-0.39, 0.29) is 0 Å². The van der Waals surface area contributed by atoms with Crippen molar-refractivity contribution in [2.24, 2.45) is 11.8 Å². The molecule has 2 unspecified atom stereocenters. The Bertz CT molecular complexity index is 531. The second-order valence-corrected chi connectivity index (χ2v) is 25.7. The molecule has 0 aromatic rings. The zero-order chi connectivity index (χ0) is 34.5. The van der Waals surface area contributed by atoms with E-state index in [1.807, 2.05) is 0 Å². The second kappa shape index (κ2) is 38.0. The van der Waals surface area contributed by atoms with E-state index in [0.717, 1.165) is 25.0 Å². The molecule has 0 amide bonds. The van der Waals surface area contributed by atoms with Gasteiger partial charge < -0.3 is 0 Å². The number of unbranched alkanes of at least 4 members (excludes halogenated alkanes) is 24. The van der Waals surface area contributed by atoms with Gasteiger partial charge in [-0.25, -0.2) is 0 Å². The van der Waals surface area contributed by atoms with Crippen LogP contribution in [0.5, 0.6) is 0 Å². The first-order valence-corrected chi connectivity index (χ1v) is 28.7. The average Bonchev–Trinajstić information content (AvgIpc) is 3.06. The summed E-state index contributed by atoms with van der Waals surface area (Å²) in [5, 5.41) is 0. The SMILES string of the molecule is CCCCCCCCCCC(C)CC[O][Sn]([CH2]CCCCCCC)([CH2]CCCCCCC)[O]CCC(C)CCCCCCCCCC. The summed E-state index contributed by atoms with van der Waals surface area (Å²) in [6.45, 7) is 16.2. The van der Waals surface area contributed by atoms with Gasteiger partial charge in [-0.3, -0.25) is 0 Å². The van der Waals surface area contributed by atoms with Crippen LogP contribution in [0.1, 0.15) is 247 Å². The van der Waals surface area contributed by atoms with Crippen LogP contribution in [-0.4, -0.2) is 32.4 Å². The van der Waals surface area contributed by atoms with Gasteiger partial charge in [-0.1, -0.05) is 26.7 Å². The Hall–Kier alpha value is 0.719. The summed E-state index contributed by atoms with van der Waals surface area (Å²) in [7, 11) is 0. The van der Waals surface area contributed by atoms with E-state index in [4.69, 9.17) is 6.15 Å². The molecule has 2 atom stereocenters. The van der Waals surface area contributed by atoms with Gasteiger partial charge in [-0.05, 0) is 0 Å². The molecule has 2 nitrogen and oxygen atoms in total. The Morgan fingerprint density at radius 2 is 0.574 bits per heavy atom. The molecule has 47 heavy (non-hydrogen) atoms. The zero-order valence-electron chi connectivity index (χ0n) is 33.9. The third kappa shape index (κ3) is 33.6. The van der Waals surface area contributed by atoms with Crippen LogP contribution in [0.2, 0.25) is 8.87 Å². The molecule has 284 valence electrons. The molecule has 0 saturated heterocycles. The van der Waals surface area contributed by atoms with Crippen molar-refractivity contribution < 1.29 is 6.15 Å². The van der Waals surface area contributed by atoms with Crippen LogP contribution < -0.4 is 0 Å². The Morgan fingerprint density at radius 1 is 0.319 bits per heavy atom. The molecule has 0 aliphatic heterocycles. The van der Waals surface area contributed by atoms with E-state index >= 15 is 0 Å². The van der Waals surface area contributed by atoms with Gasteiger partial charge in [0, 0.05) is 0 Å². The third-order valence-electron chi connectivity index (χ3n) is 10.9. The molecule has 3 heteroatoms. The van der Waals surface area contributed by atoms with Gasteiger partial charge in [0.15, 0.2) is 0 Å². The fourth-order valence-electron chi connectivity index (χ4n) is 7.24. The average molecular weight is 772 g/mol. The molecule has 0 heterocycles. The molecule has 0 radical (unpaired) electrons. The summed E-state index contributed by atoms with van der Waals surface area (Å²) < 4.78 is 16.9. The summed E-state index contributed by atoms with van der Waals surface area (Å²) >= 11 is -3.12. The minimum Gasteiger partial charge on any atom is -0.0654 e. The van der Waals surface area contributed by atoms with E-state index in [2.05, 4.69) is 41.5 Å². The van der Waals surface area contributed by atoms with E-state index in [9.17, 15) is 0 Å². The second-order valence-electron chi connectivity index (χ2n) is 16.0. The van der Waals surface area contributed by atoms with Crippen molar-refractivity contribution in [3.8, 4) is 0 Å². The Kier molecular flexibility index (Phi) is 38.5. The minimum atomic E-state index is -3.12. The van der Waals surface area contributed by atoms with Crippen molar-refractivity contribution in [3.05, 3.63) is 0 Å². The zero-order valence-corrected chi connectivity index (χ0v) is 36.8. The van der Waals surface area contributed by atoms with E-state index in [0.29, 0.717) is 0 Å².